The zero-order valence-electron chi connectivity index (χ0n) is 27.5. The van der Waals surface area contributed by atoms with Gasteiger partial charge in [-0.3, -0.25) is 9.69 Å². The fraction of sp³-hybridized carbons (Fsp3) is 0.351. The molecule has 0 saturated carbocycles. The van der Waals surface area contributed by atoms with Crippen LogP contribution in [0.3, 0.4) is 0 Å². The first-order chi connectivity index (χ1) is 23.6. The van der Waals surface area contributed by atoms with Crippen molar-refractivity contribution in [1.82, 2.24) is 9.80 Å². The zero-order chi connectivity index (χ0) is 34.5. The van der Waals surface area contributed by atoms with Gasteiger partial charge in [-0.1, -0.05) is 48.2 Å². The molecule has 1 amide bonds. The van der Waals surface area contributed by atoms with Gasteiger partial charge in [-0.2, -0.15) is 13.2 Å². The van der Waals surface area contributed by atoms with Crippen LogP contribution in [0.5, 0.6) is 5.75 Å². The SMILES string of the molecule is CC(=O)Nc1cccc2c(OC(C)C(=O)OCCN3CCN(CCCN4c5ccccc5Sc5ccc(C(F)(F)F)cc54)CC3)cccc12. The quantitative estimate of drug-likeness (QED) is 0.163. The first-order valence-corrected chi connectivity index (χ1v) is 17.2. The first-order valence-electron chi connectivity index (χ1n) is 16.4. The Kier molecular flexibility index (Phi) is 10.7. The van der Waals surface area contributed by atoms with Gasteiger partial charge in [0, 0.05) is 72.4 Å². The van der Waals surface area contributed by atoms with Crippen molar-refractivity contribution >= 4 is 51.5 Å². The van der Waals surface area contributed by atoms with Gasteiger partial charge in [-0.15, -0.1) is 0 Å². The molecular formula is C37H39F3N4O4S. The minimum absolute atomic E-state index is 0.170. The topological polar surface area (TPSA) is 74.3 Å². The maximum atomic E-state index is 13.6. The van der Waals surface area contributed by atoms with Crippen molar-refractivity contribution in [2.75, 3.05) is 62.6 Å². The highest BCUT2D eigenvalue weighted by Gasteiger charge is 2.33. The van der Waals surface area contributed by atoms with E-state index in [1.54, 1.807) is 19.1 Å². The van der Waals surface area contributed by atoms with E-state index in [-0.39, 0.29) is 12.5 Å². The van der Waals surface area contributed by atoms with Crippen LogP contribution in [-0.4, -0.2) is 80.2 Å². The van der Waals surface area contributed by atoms with E-state index >= 15 is 0 Å². The molecule has 258 valence electrons. The monoisotopic (exact) mass is 692 g/mol. The van der Waals surface area contributed by atoms with Gasteiger partial charge in [0.1, 0.15) is 12.4 Å². The predicted molar refractivity (Wildman–Crippen MR) is 186 cm³/mol. The molecular weight excluding hydrogens is 653 g/mol. The maximum Gasteiger partial charge on any atom is 0.416 e. The maximum absolute atomic E-state index is 13.6. The summed E-state index contributed by atoms with van der Waals surface area (Å²) < 4.78 is 52.2. The second-order valence-corrected chi connectivity index (χ2v) is 13.3. The molecule has 0 radical (unpaired) electrons. The summed E-state index contributed by atoms with van der Waals surface area (Å²) in [5.74, 6) is -0.0878. The molecule has 1 fully saturated rings. The molecule has 1 atom stereocenters. The molecule has 1 unspecified atom stereocenters. The Morgan fingerprint density at radius 2 is 1.53 bits per heavy atom. The number of fused-ring (bicyclic) bond motifs is 3. The lowest BCUT2D eigenvalue weighted by molar-refractivity contribution is -0.151. The lowest BCUT2D eigenvalue weighted by atomic mass is 10.1. The molecule has 2 aliphatic rings. The van der Waals surface area contributed by atoms with Crippen LogP contribution in [0.4, 0.5) is 30.2 Å². The summed E-state index contributed by atoms with van der Waals surface area (Å²) in [7, 11) is 0. The number of nitrogens with one attached hydrogen (secondary N) is 1. The third kappa shape index (κ3) is 8.31. The molecule has 0 aromatic heterocycles. The number of piperazine rings is 1. The third-order valence-electron chi connectivity index (χ3n) is 8.75. The van der Waals surface area contributed by atoms with Crippen molar-refractivity contribution in [1.29, 1.82) is 0 Å². The third-order valence-corrected chi connectivity index (χ3v) is 9.88. The fourth-order valence-corrected chi connectivity index (χ4v) is 7.33. The molecule has 4 aromatic rings. The smallest absolute Gasteiger partial charge is 0.416 e. The molecule has 1 N–H and O–H groups in total. The van der Waals surface area contributed by atoms with Crippen LogP contribution in [0.15, 0.2) is 88.7 Å². The van der Waals surface area contributed by atoms with Crippen LogP contribution >= 0.6 is 11.8 Å². The number of rotatable bonds is 11. The number of hydrogen-bond donors (Lipinski definition) is 1. The Morgan fingerprint density at radius 3 is 2.29 bits per heavy atom. The summed E-state index contributed by atoms with van der Waals surface area (Å²) in [6, 6.07) is 22.9. The number of hydrogen-bond acceptors (Lipinski definition) is 8. The lowest BCUT2D eigenvalue weighted by Gasteiger charge is -2.36. The number of benzene rings is 4. The van der Waals surface area contributed by atoms with Gasteiger partial charge < -0.3 is 24.6 Å². The zero-order valence-corrected chi connectivity index (χ0v) is 28.3. The van der Waals surface area contributed by atoms with E-state index in [1.165, 1.54) is 24.8 Å². The number of nitrogens with zero attached hydrogens (tertiary/aromatic N) is 3. The minimum atomic E-state index is -4.40. The second-order valence-electron chi connectivity index (χ2n) is 12.2. The van der Waals surface area contributed by atoms with Crippen molar-refractivity contribution in [3.63, 3.8) is 0 Å². The van der Waals surface area contributed by atoms with E-state index in [4.69, 9.17) is 9.47 Å². The Labute approximate surface area is 288 Å². The van der Waals surface area contributed by atoms with Gasteiger partial charge in [0.25, 0.3) is 0 Å². The Balaban J connectivity index is 0.950. The van der Waals surface area contributed by atoms with Crippen LogP contribution < -0.4 is 15.0 Å². The van der Waals surface area contributed by atoms with E-state index in [9.17, 15) is 22.8 Å². The normalized spacial score (nSPS) is 15.7. The summed E-state index contributed by atoms with van der Waals surface area (Å²) in [5.41, 5.74) is 1.58. The molecule has 8 nitrogen and oxygen atoms in total. The summed E-state index contributed by atoms with van der Waals surface area (Å²) in [4.78, 5) is 32.9. The summed E-state index contributed by atoms with van der Waals surface area (Å²) in [5, 5.41) is 4.42. The number of para-hydroxylation sites is 1. The number of carbonyl (C=O) groups is 2. The average Bonchev–Trinajstić information content (AvgIpc) is 3.08. The largest absolute Gasteiger partial charge is 0.478 e. The Bertz CT molecular complexity index is 1810. The molecule has 12 heteroatoms. The van der Waals surface area contributed by atoms with Crippen LogP contribution in [0.25, 0.3) is 10.8 Å². The Hall–Kier alpha value is -4.26. The average molecular weight is 693 g/mol. The highest BCUT2D eigenvalue weighted by molar-refractivity contribution is 7.99. The molecule has 0 aliphatic carbocycles. The number of anilines is 3. The van der Waals surface area contributed by atoms with Crippen LogP contribution in [0.1, 0.15) is 25.8 Å². The van der Waals surface area contributed by atoms with Crippen molar-refractivity contribution in [3.8, 4) is 5.75 Å². The molecule has 49 heavy (non-hydrogen) atoms. The van der Waals surface area contributed by atoms with Crippen LogP contribution in [0, 0.1) is 0 Å². The molecule has 4 aromatic carbocycles. The number of esters is 1. The highest BCUT2D eigenvalue weighted by Crippen LogP contribution is 2.49. The lowest BCUT2D eigenvalue weighted by Crippen LogP contribution is -2.48. The highest BCUT2D eigenvalue weighted by atomic mass is 32.2. The number of amides is 1. The van der Waals surface area contributed by atoms with E-state index in [1.807, 2.05) is 59.5 Å². The van der Waals surface area contributed by atoms with Gasteiger partial charge in [0.05, 0.1) is 16.9 Å². The van der Waals surface area contributed by atoms with Gasteiger partial charge in [-0.25, -0.2) is 4.79 Å². The molecule has 0 spiro atoms. The van der Waals surface area contributed by atoms with Crippen LogP contribution in [-0.2, 0) is 20.5 Å². The molecule has 0 bridgehead atoms. The Morgan fingerprint density at radius 1 is 0.837 bits per heavy atom. The van der Waals surface area contributed by atoms with E-state index in [0.29, 0.717) is 30.2 Å². The number of alkyl halides is 3. The van der Waals surface area contributed by atoms with Gasteiger partial charge in [0.2, 0.25) is 5.91 Å². The minimum Gasteiger partial charge on any atom is -0.478 e. The molecule has 2 heterocycles. The summed E-state index contributed by atoms with van der Waals surface area (Å²) in [6.45, 7) is 8.79. The molecule has 6 rings (SSSR count). The first kappa shape index (κ1) is 34.6. The van der Waals surface area contributed by atoms with Crippen molar-refractivity contribution in [2.24, 2.45) is 0 Å². The standard InChI is InChI=1S/C37H39F3N4O4S/c1-25(48-33-12-6-8-28-29(33)9-5-10-30(28)41-26(2)45)36(46)47-23-22-43-20-18-42(19-21-43)16-7-17-44-31-11-3-4-13-34(31)49-35-15-14-27(24-32(35)44)37(38,39)40/h3-6,8-15,24-25H,7,16-23H2,1-2H3,(H,41,45). The fourth-order valence-electron chi connectivity index (χ4n) is 6.25. The van der Waals surface area contributed by atoms with Gasteiger partial charge >= 0.3 is 12.1 Å². The number of ether oxygens (including phenoxy) is 2. The number of halogens is 3. The predicted octanol–water partition coefficient (Wildman–Crippen LogP) is 7.44. The molecule has 2 aliphatic heterocycles. The van der Waals surface area contributed by atoms with Crippen LogP contribution in [0.2, 0.25) is 0 Å². The number of carbonyl (C=O) groups excluding carboxylic acids is 2. The van der Waals surface area contributed by atoms with Crippen molar-refractivity contribution in [2.45, 2.75) is 42.3 Å². The second kappa shape index (κ2) is 15.1. The van der Waals surface area contributed by atoms with E-state index < -0.39 is 23.8 Å². The van der Waals surface area contributed by atoms with Gasteiger partial charge in [-0.05, 0) is 62.4 Å². The van der Waals surface area contributed by atoms with Crippen molar-refractivity contribution in [3.05, 3.63) is 84.4 Å². The van der Waals surface area contributed by atoms with Gasteiger partial charge in [0.15, 0.2) is 6.10 Å². The summed E-state index contributed by atoms with van der Waals surface area (Å²) in [6.07, 6.45) is -4.41. The molecule has 1 saturated heterocycles. The van der Waals surface area contributed by atoms with E-state index in [2.05, 4.69) is 15.1 Å². The summed E-state index contributed by atoms with van der Waals surface area (Å²) >= 11 is 1.50. The van der Waals surface area contributed by atoms with E-state index in [0.717, 1.165) is 71.5 Å². The van der Waals surface area contributed by atoms with Crippen molar-refractivity contribution < 1.29 is 32.2 Å².